The number of carbonyl (C=O) groups is 1. The molecule has 2 rings (SSSR count). The molecule has 1 unspecified atom stereocenters. The van der Waals surface area contributed by atoms with Crippen LogP contribution in [-0.4, -0.2) is 41.9 Å². The number of β-amino-alcohol motifs (C(OH)–C–C–N with tert-alkyl or cyclic N) is 1. The molecule has 0 aromatic heterocycles. The van der Waals surface area contributed by atoms with Gasteiger partial charge in [-0.15, -0.1) is 0 Å². The van der Waals surface area contributed by atoms with Gasteiger partial charge in [-0.05, 0) is 44.9 Å². The van der Waals surface area contributed by atoms with Crippen LogP contribution in [0.4, 0.5) is 4.79 Å². The van der Waals surface area contributed by atoms with E-state index in [-0.39, 0.29) is 12.6 Å². The van der Waals surface area contributed by atoms with Crippen molar-refractivity contribution in [3.8, 4) is 5.75 Å². The standard InChI is InChI=1S/C16H23NO4/c1-15(2,3)21-14(18)17-10-9-16(19,11-17)12-5-7-13(20-4)8-6-12/h5-8,19H,9-11H2,1-4H3. The molecular formula is C16H23NO4. The van der Waals surface area contributed by atoms with Gasteiger partial charge in [-0.1, -0.05) is 12.1 Å². The molecule has 5 heteroatoms. The van der Waals surface area contributed by atoms with Crippen molar-refractivity contribution in [2.45, 2.75) is 38.4 Å². The van der Waals surface area contributed by atoms with E-state index in [0.717, 1.165) is 11.3 Å². The maximum Gasteiger partial charge on any atom is 0.410 e. The van der Waals surface area contributed by atoms with E-state index >= 15 is 0 Å². The van der Waals surface area contributed by atoms with Crippen LogP contribution in [-0.2, 0) is 10.3 Å². The number of amides is 1. The van der Waals surface area contributed by atoms with Crippen molar-refractivity contribution in [1.82, 2.24) is 4.90 Å². The number of rotatable bonds is 2. The lowest BCUT2D eigenvalue weighted by Crippen LogP contribution is -2.38. The van der Waals surface area contributed by atoms with Crippen LogP contribution in [0.5, 0.6) is 5.75 Å². The largest absolute Gasteiger partial charge is 0.497 e. The monoisotopic (exact) mass is 293 g/mol. The van der Waals surface area contributed by atoms with E-state index < -0.39 is 11.2 Å². The molecule has 1 N–H and O–H groups in total. The van der Waals surface area contributed by atoms with Gasteiger partial charge in [0.05, 0.1) is 13.7 Å². The first-order valence-electron chi connectivity index (χ1n) is 7.08. The molecule has 1 atom stereocenters. The summed E-state index contributed by atoms with van der Waals surface area (Å²) in [6, 6.07) is 7.28. The molecule has 0 radical (unpaired) electrons. The zero-order valence-electron chi connectivity index (χ0n) is 13.0. The van der Waals surface area contributed by atoms with E-state index in [1.165, 1.54) is 0 Å². The quantitative estimate of drug-likeness (QED) is 0.910. The number of benzene rings is 1. The van der Waals surface area contributed by atoms with Gasteiger partial charge in [0.25, 0.3) is 0 Å². The number of nitrogens with zero attached hydrogens (tertiary/aromatic N) is 1. The van der Waals surface area contributed by atoms with Gasteiger partial charge < -0.3 is 19.5 Å². The minimum absolute atomic E-state index is 0.244. The third kappa shape index (κ3) is 3.67. The zero-order valence-corrected chi connectivity index (χ0v) is 13.0. The second kappa shape index (κ2) is 5.56. The number of ether oxygens (including phenoxy) is 2. The van der Waals surface area contributed by atoms with Crippen molar-refractivity contribution in [1.29, 1.82) is 0 Å². The second-order valence-electron chi connectivity index (χ2n) is 6.41. The summed E-state index contributed by atoms with van der Waals surface area (Å²) in [4.78, 5) is 13.6. The summed E-state index contributed by atoms with van der Waals surface area (Å²) in [6.45, 7) is 6.22. The lowest BCUT2D eigenvalue weighted by molar-refractivity contribution is 0.0140. The highest BCUT2D eigenvalue weighted by Gasteiger charge is 2.40. The second-order valence-corrected chi connectivity index (χ2v) is 6.41. The number of methoxy groups -OCH3 is 1. The van der Waals surface area contributed by atoms with E-state index in [2.05, 4.69) is 0 Å². The van der Waals surface area contributed by atoms with Crippen LogP contribution in [0.3, 0.4) is 0 Å². The van der Waals surface area contributed by atoms with Crippen molar-refractivity contribution in [3.05, 3.63) is 29.8 Å². The van der Waals surface area contributed by atoms with Crippen molar-refractivity contribution in [3.63, 3.8) is 0 Å². The average molecular weight is 293 g/mol. The molecule has 0 spiro atoms. The number of aliphatic hydroxyl groups is 1. The fraction of sp³-hybridized carbons (Fsp3) is 0.562. The lowest BCUT2D eigenvalue weighted by Gasteiger charge is -2.26. The van der Waals surface area contributed by atoms with Gasteiger partial charge in [0.2, 0.25) is 0 Å². The Morgan fingerprint density at radius 2 is 1.90 bits per heavy atom. The molecule has 1 aliphatic heterocycles. The van der Waals surface area contributed by atoms with Crippen LogP contribution in [0.15, 0.2) is 24.3 Å². The van der Waals surface area contributed by atoms with Gasteiger partial charge in [0.15, 0.2) is 0 Å². The minimum Gasteiger partial charge on any atom is -0.497 e. The van der Waals surface area contributed by atoms with Crippen molar-refractivity contribution in [2.24, 2.45) is 0 Å². The van der Waals surface area contributed by atoms with Crippen molar-refractivity contribution >= 4 is 6.09 Å². The Labute approximate surface area is 125 Å². The SMILES string of the molecule is COc1ccc(C2(O)CCN(C(=O)OC(C)(C)C)C2)cc1. The molecule has 0 aliphatic carbocycles. The van der Waals surface area contributed by atoms with E-state index in [1.54, 1.807) is 12.0 Å². The van der Waals surface area contributed by atoms with Gasteiger partial charge in [0, 0.05) is 6.54 Å². The summed E-state index contributed by atoms with van der Waals surface area (Å²) in [5.41, 5.74) is -0.768. The van der Waals surface area contributed by atoms with Crippen LogP contribution in [0, 0.1) is 0 Å². The first-order valence-corrected chi connectivity index (χ1v) is 7.08. The molecule has 1 aliphatic rings. The molecule has 1 aromatic rings. The molecule has 1 aromatic carbocycles. The summed E-state index contributed by atoms with van der Waals surface area (Å²) < 4.78 is 10.5. The van der Waals surface area contributed by atoms with E-state index in [1.807, 2.05) is 45.0 Å². The molecule has 5 nitrogen and oxygen atoms in total. The molecular weight excluding hydrogens is 270 g/mol. The maximum atomic E-state index is 12.1. The summed E-state index contributed by atoms with van der Waals surface area (Å²) >= 11 is 0. The van der Waals surface area contributed by atoms with Crippen molar-refractivity contribution < 1.29 is 19.4 Å². The molecule has 0 saturated carbocycles. The van der Waals surface area contributed by atoms with E-state index in [0.29, 0.717) is 13.0 Å². The highest BCUT2D eigenvalue weighted by Crippen LogP contribution is 2.33. The summed E-state index contributed by atoms with van der Waals surface area (Å²) in [5.74, 6) is 0.740. The topological polar surface area (TPSA) is 59.0 Å². The minimum atomic E-state index is -1.02. The zero-order chi connectivity index (χ0) is 15.7. The average Bonchev–Trinajstić information content (AvgIpc) is 2.81. The lowest BCUT2D eigenvalue weighted by atomic mass is 9.93. The van der Waals surface area contributed by atoms with Crippen LogP contribution in [0.2, 0.25) is 0 Å². The molecule has 1 fully saturated rings. The van der Waals surface area contributed by atoms with Gasteiger partial charge in [-0.3, -0.25) is 0 Å². The molecule has 0 bridgehead atoms. The van der Waals surface area contributed by atoms with Gasteiger partial charge >= 0.3 is 6.09 Å². The van der Waals surface area contributed by atoms with Crippen LogP contribution >= 0.6 is 0 Å². The van der Waals surface area contributed by atoms with Crippen LogP contribution in [0.25, 0.3) is 0 Å². The summed E-state index contributed by atoms with van der Waals surface area (Å²) in [7, 11) is 1.60. The smallest absolute Gasteiger partial charge is 0.410 e. The Kier molecular flexibility index (Phi) is 4.14. The highest BCUT2D eigenvalue weighted by atomic mass is 16.6. The molecule has 21 heavy (non-hydrogen) atoms. The Balaban J connectivity index is 2.07. The Bertz CT molecular complexity index is 506. The molecule has 1 amide bonds. The number of hydrogen-bond acceptors (Lipinski definition) is 4. The summed E-state index contributed by atoms with van der Waals surface area (Å²) in [6.07, 6.45) is 0.116. The first kappa shape index (κ1) is 15.6. The molecule has 1 saturated heterocycles. The van der Waals surface area contributed by atoms with Gasteiger partial charge in [-0.2, -0.15) is 0 Å². The number of carbonyl (C=O) groups excluding carboxylic acids is 1. The van der Waals surface area contributed by atoms with E-state index in [9.17, 15) is 9.90 Å². The first-order chi connectivity index (χ1) is 9.73. The third-order valence-corrected chi connectivity index (χ3v) is 3.53. The van der Waals surface area contributed by atoms with Gasteiger partial charge in [-0.25, -0.2) is 4.79 Å². The Morgan fingerprint density at radius 1 is 1.29 bits per heavy atom. The van der Waals surface area contributed by atoms with Crippen molar-refractivity contribution in [2.75, 3.05) is 20.2 Å². The fourth-order valence-corrected chi connectivity index (χ4v) is 2.41. The number of likely N-dealkylation sites (tertiary alicyclic amines) is 1. The van der Waals surface area contributed by atoms with E-state index in [4.69, 9.17) is 9.47 Å². The third-order valence-electron chi connectivity index (χ3n) is 3.53. The normalized spacial score (nSPS) is 22.2. The molecule has 1 heterocycles. The maximum absolute atomic E-state index is 12.1. The van der Waals surface area contributed by atoms with Crippen LogP contribution < -0.4 is 4.74 Å². The Morgan fingerprint density at radius 3 is 2.43 bits per heavy atom. The predicted molar refractivity (Wildman–Crippen MR) is 79.3 cm³/mol. The Hall–Kier alpha value is -1.75. The summed E-state index contributed by atoms with van der Waals surface area (Å²) in [5, 5.41) is 10.8. The predicted octanol–water partition coefficient (Wildman–Crippen LogP) is 2.52. The fourth-order valence-electron chi connectivity index (χ4n) is 2.41. The highest BCUT2D eigenvalue weighted by molar-refractivity contribution is 5.68. The van der Waals surface area contributed by atoms with Crippen LogP contribution in [0.1, 0.15) is 32.8 Å². The van der Waals surface area contributed by atoms with Gasteiger partial charge in [0.1, 0.15) is 17.0 Å². The molecule has 116 valence electrons. The number of hydrogen-bond donors (Lipinski definition) is 1.